The number of hydrogen-bond donors (Lipinski definition) is 6. The summed E-state index contributed by atoms with van der Waals surface area (Å²) in [5, 5.41) is 21.6. The van der Waals surface area contributed by atoms with E-state index in [9.17, 15) is 47.1 Å². The molecule has 1 aliphatic carbocycles. The Labute approximate surface area is 513 Å². The van der Waals surface area contributed by atoms with E-state index in [-0.39, 0.29) is 73.2 Å². The number of amides is 4. The third kappa shape index (κ3) is 12.8. The molecule has 0 bridgehead atoms. The molecule has 8 aromatic rings. The molecule has 4 atom stereocenters. The number of unbranched alkanes of at least 4 members (excludes halogenated alkanes) is 1. The Hall–Kier alpha value is -9.99. The van der Waals surface area contributed by atoms with Crippen molar-refractivity contribution >= 4 is 62.6 Å². The number of hydrogen-bond acceptors (Lipinski definition) is 13. The second-order valence-corrected chi connectivity index (χ2v) is 24.3. The van der Waals surface area contributed by atoms with E-state index in [1.54, 1.807) is 92.1 Å². The van der Waals surface area contributed by atoms with Crippen LogP contribution in [-0.4, -0.2) is 84.3 Å². The van der Waals surface area contributed by atoms with Crippen molar-refractivity contribution < 1.29 is 56.5 Å². The number of para-hydroxylation sites is 1. The van der Waals surface area contributed by atoms with E-state index in [0.717, 1.165) is 33.2 Å². The predicted molar refractivity (Wildman–Crippen MR) is 332 cm³/mol. The smallest absolute Gasteiger partial charge is 0.407 e. The molecule has 0 saturated heterocycles. The molecule has 4 amide bonds. The van der Waals surface area contributed by atoms with E-state index in [1.165, 1.54) is 18.2 Å². The van der Waals surface area contributed by atoms with Crippen molar-refractivity contribution in [2.24, 2.45) is 5.92 Å². The third-order valence-electron chi connectivity index (χ3n) is 16.5. The zero-order valence-electron chi connectivity index (χ0n) is 49.0. The molecule has 456 valence electrons. The lowest BCUT2D eigenvalue weighted by molar-refractivity contribution is -0.191. The minimum Gasteiger partial charge on any atom is -0.481 e. The van der Waals surface area contributed by atoms with Gasteiger partial charge in [-0.1, -0.05) is 142 Å². The summed E-state index contributed by atoms with van der Waals surface area (Å²) in [6.45, 7) is 5.11. The van der Waals surface area contributed by atoms with Gasteiger partial charge < -0.3 is 45.2 Å². The summed E-state index contributed by atoms with van der Waals surface area (Å²) in [5.41, 5.74) is 6.26. The van der Waals surface area contributed by atoms with Gasteiger partial charge in [0.1, 0.15) is 25.3 Å². The highest BCUT2D eigenvalue weighted by atomic mass is 32.2. The Morgan fingerprint density at radius 1 is 0.787 bits per heavy atom. The summed E-state index contributed by atoms with van der Waals surface area (Å²) in [5.74, 6) is -4.66. The van der Waals surface area contributed by atoms with Gasteiger partial charge in [0.25, 0.3) is 5.56 Å². The fraction of sp³-hybridized carbons (Fsp3) is 0.265. The highest BCUT2D eigenvalue weighted by molar-refractivity contribution is 7.89. The maximum absolute atomic E-state index is 14.7. The van der Waals surface area contributed by atoms with Gasteiger partial charge in [0.15, 0.2) is 0 Å². The zero-order chi connectivity index (χ0) is 62.6. The Kier molecular flexibility index (Phi) is 17.6. The molecule has 4 heterocycles. The van der Waals surface area contributed by atoms with Crippen molar-refractivity contribution in [3.63, 3.8) is 0 Å². The number of carboxylic acids is 1. The molecule has 3 aliphatic rings. The number of alkyl carbamates (subject to hydrolysis) is 1. The summed E-state index contributed by atoms with van der Waals surface area (Å²) in [4.78, 5) is 102. The first-order valence-electron chi connectivity index (χ1n) is 29.4. The van der Waals surface area contributed by atoms with Crippen LogP contribution in [0.5, 0.6) is 0 Å². The molecule has 2 aromatic heterocycles. The Morgan fingerprint density at radius 2 is 1.47 bits per heavy atom. The van der Waals surface area contributed by atoms with Crippen molar-refractivity contribution in [2.45, 2.75) is 101 Å². The number of fused-ring (bicyclic) bond motifs is 8. The van der Waals surface area contributed by atoms with Gasteiger partial charge in [-0.15, -0.1) is 0 Å². The molecule has 2 aliphatic heterocycles. The fourth-order valence-corrected chi connectivity index (χ4v) is 13.2. The number of carbonyl (C=O) groups is 6. The minimum atomic E-state index is -4.26. The average molecular weight is 1220 g/mol. The molecule has 0 spiro atoms. The largest absolute Gasteiger partial charge is 0.481 e. The van der Waals surface area contributed by atoms with Crippen molar-refractivity contribution in [3.8, 4) is 33.6 Å². The van der Waals surface area contributed by atoms with Crippen LogP contribution in [0.25, 0.3) is 44.5 Å². The van der Waals surface area contributed by atoms with Crippen molar-refractivity contribution in [1.29, 1.82) is 0 Å². The Morgan fingerprint density at radius 3 is 2.19 bits per heavy atom. The van der Waals surface area contributed by atoms with Gasteiger partial charge in [-0.05, 0) is 113 Å². The van der Waals surface area contributed by atoms with E-state index in [2.05, 4.69) is 26.0 Å². The molecular weight excluding hydrogens is 1150 g/mol. The van der Waals surface area contributed by atoms with Gasteiger partial charge in [-0.25, -0.2) is 37.3 Å². The molecule has 0 radical (unpaired) electrons. The average Bonchev–Trinajstić information content (AvgIpc) is 1.77. The summed E-state index contributed by atoms with van der Waals surface area (Å²) >= 11 is 0. The summed E-state index contributed by atoms with van der Waals surface area (Å²) in [6.07, 6.45) is -0.636. The van der Waals surface area contributed by atoms with Gasteiger partial charge in [0.2, 0.25) is 21.5 Å². The van der Waals surface area contributed by atoms with E-state index in [4.69, 9.17) is 19.2 Å². The second-order valence-electron chi connectivity index (χ2n) is 22.6. The number of benzene rings is 6. The highest BCUT2D eigenvalue weighted by Crippen LogP contribution is 2.45. The lowest BCUT2D eigenvalue weighted by Crippen LogP contribution is -2.56. The first-order valence-corrected chi connectivity index (χ1v) is 30.9. The topological polar surface area (TPSA) is 280 Å². The number of aliphatic carboxylic acids is 1. The number of carboxylic acid groups (broad SMARTS) is 1. The quantitative estimate of drug-likeness (QED) is 0.0209. The number of nitrogens with one attached hydrogen (secondary N) is 5. The number of nitrogens with zero attached hydrogens (tertiary/aromatic N) is 2. The van der Waals surface area contributed by atoms with Crippen LogP contribution in [0.15, 0.2) is 173 Å². The number of esters is 2. The lowest BCUT2D eigenvalue weighted by atomic mass is 9.85. The predicted octanol–water partition coefficient (Wildman–Crippen LogP) is 9.83. The number of pyridine rings is 2. The van der Waals surface area contributed by atoms with Crippen molar-refractivity contribution in [1.82, 2.24) is 30.2 Å². The number of sulfonamides is 1. The number of anilines is 1. The molecule has 11 rings (SSSR count). The molecule has 6 aromatic carbocycles. The monoisotopic (exact) mass is 1220 g/mol. The maximum Gasteiger partial charge on any atom is 0.407 e. The second kappa shape index (κ2) is 25.8. The van der Waals surface area contributed by atoms with Crippen LogP contribution >= 0.6 is 0 Å². The Balaban J connectivity index is 0.796. The van der Waals surface area contributed by atoms with Crippen LogP contribution < -0.4 is 31.5 Å². The maximum atomic E-state index is 14.7. The van der Waals surface area contributed by atoms with Gasteiger partial charge in [0.05, 0.1) is 46.4 Å². The van der Waals surface area contributed by atoms with Gasteiger partial charge in [0, 0.05) is 34.7 Å². The van der Waals surface area contributed by atoms with Crippen LogP contribution in [0.2, 0.25) is 0 Å². The normalized spacial score (nSPS) is 15.7. The zero-order valence-corrected chi connectivity index (χ0v) is 49.8. The highest BCUT2D eigenvalue weighted by Gasteiger charge is 2.52. The van der Waals surface area contributed by atoms with Gasteiger partial charge in [-0.3, -0.25) is 14.4 Å². The molecule has 89 heavy (non-hydrogen) atoms. The fourth-order valence-electron chi connectivity index (χ4n) is 11.9. The summed E-state index contributed by atoms with van der Waals surface area (Å²) in [6, 6.07) is 43.5. The number of carbonyl (C=O) groups excluding carboxylic acids is 5. The number of ether oxygens (including phenoxy) is 3. The van der Waals surface area contributed by atoms with Gasteiger partial charge in [-0.2, -0.15) is 0 Å². The van der Waals surface area contributed by atoms with E-state index >= 15 is 0 Å². The molecule has 0 saturated carbocycles. The number of aromatic nitrogens is 2. The van der Waals surface area contributed by atoms with Crippen molar-refractivity contribution in [3.05, 3.63) is 208 Å². The molecule has 20 nitrogen and oxygen atoms in total. The SMILES string of the molecule is CC[C@@]1(OC(=O)[C@@H](NC(=O)[C@H](CCCCNC(=O)OCC2c3ccccc3-c3ccccc32)NC(=O)Nc2cccc(-c3cccc(S(=O)(=O)NC(CC(=O)O)c4ccccc4)c3)c2)C(C)C)C(=O)OCc2c1cc1n(c2=O)Cc2cc3ccccc3nc2-1. The number of urea groups is 1. The van der Waals surface area contributed by atoms with E-state index in [1.807, 2.05) is 78.9 Å². The molecule has 1 unspecified atom stereocenters. The standard InChI is InChI=1S/C68H65N7O13S/c1-4-68(54-35-58-61-45(32-44-20-8-13-29-55(44)71-61)37-75(58)63(79)53(54)39-86-65(68)81)88-64(80)60(40(2)3)73-62(78)56(30-14-15-31-69-67(83)87-38-52-50-27-11-9-25-48(50)49-26-10-12-28-51(49)52)72-66(82)70-46-23-16-21-42(33-46)43-22-17-24-47(34-43)89(84,85)74-57(36-59(76)77)41-18-6-5-7-19-41/h5-13,16-29,32-35,40,52,56-57,60,74H,4,14-15,30-31,36-39H2,1-3H3,(H,69,83)(H,73,78)(H,76,77)(H2,70,72,82)/t56-,57?,60-,68-/m0/s1. The minimum absolute atomic E-state index is 0.0108. The molecular formula is C68H65N7O13S. The number of rotatable bonds is 22. The lowest BCUT2D eigenvalue weighted by Gasteiger charge is -2.37. The molecule has 6 N–H and O–H groups in total. The molecule has 21 heteroatoms. The van der Waals surface area contributed by atoms with Crippen LogP contribution in [0.4, 0.5) is 15.3 Å². The van der Waals surface area contributed by atoms with Crippen molar-refractivity contribution in [2.75, 3.05) is 18.5 Å². The van der Waals surface area contributed by atoms with Gasteiger partial charge >= 0.3 is 30.0 Å². The van der Waals surface area contributed by atoms with Crippen LogP contribution in [-0.2, 0) is 62.2 Å². The summed E-state index contributed by atoms with van der Waals surface area (Å²) < 4.78 is 49.2. The third-order valence-corrected chi connectivity index (χ3v) is 18.0. The first-order chi connectivity index (χ1) is 42.9. The Bertz CT molecular complexity index is 4220. The van der Waals surface area contributed by atoms with E-state index < -0.39 is 87.6 Å². The summed E-state index contributed by atoms with van der Waals surface area (Å²) in [7, 11) is -4.26. The van der Waals surface area contributed by atoms with Crippen LogP contribution in [0, 0.1) is 5.92 Å². The van der Waals surface area contributed by atoms with Crippen LogP contribution in [0.3, 0.4) is 0 Å². The van der Waals surface area contributed by atoms with E-state index in [0.29, 0.717) is 40.0 Å². The molecule has 0 fully saturated rings. The number of cyclic esters (lactones) is 1. The first kappa shape index (κ1) is 60.7. The van der Waals surface area contributed by atoms with Crippen LogP contribution in [0.1, 0.15) is 98.2 Å².